The third kappa shape index (κ3) is 66.0. The quantitative estimate of drug-likeness (QED) is 0.0169. The summed E-state index contributed by atoms with van der Waals surface area (Å²) < 4.78 is 68.0. The first-order valence-electron chi connectivity index (χ1n) is 36.8. The van der Waals surface area contributed by atoms with Gasteiger partial charge >= 0.3 is 39.5 Å². The maximum atomic E-state index is 13.0. The van der Waals surface area contributed by atoms with Gasteiger partial charge in [-0.05, 0) is 63.2 Å². The molecule has 0 aromatic carbocycles. The van der Waals surface area contributed by atoms with Crippen LogP contribution in [0.2, 0.25) is 0 Å². The molecule has 0 aromatic heterocycles. The molecule has 91 heavy (non-hydrogen) atoms. The van der Waals surface area contributed by atoms with Crippen molar-refractivity contribution in [1.29, 1.82) is 0 Å². The van der Waals surface area contributed by atoms with Crippen LogP contribution in [0.4, 0.5) is 0 Å². The number of phosphoric acid groups is 2. The van der Waals surface area contributed by atoms with Crippen LogP contribution in [0.25, 0.3) is 0 Å². The van der Waals surface area contributed by atoms with E-state index in [1.165, 1.54) is 135 Å². The number of rotatable bonds is 69. The summed E-state index contributed by atoms with van der Waals surface area (Å²) in [5.74, 6) is -0.654. The number of ether oxygens (including phenoxy) is 4. The van der Waals surface area contributed by atoms with Gasteiger partial charge in [-0.25, -0.2) is 9.13 Å². The van der Waals surface area contributed by atoms with E-state index in [4.69, 9.17) is 37.0 Å². The molecule has 0 amide bonds. The summed E-state index contributed by atoms with van der Waals surface area (Å²) in [7, 11) is -9.90. The topological polar surface area (TPSA) is 237 Å². The number of phosphoric ester groups is 2. The SMILES string of the molecule is CCCCCC/C=C\C=C/CCCCCCCC(=O)OC[C@H](COP(=O)(O)OC[C@@H](O)COP(=O)(O)OC[C@@H](COC(=O)CCCCCCC)OC(=O)CCCCCCCCCC(C)C)OC(=O)CCCCCCCCCCCCCCCCCCCCC(C)C. The van der Waals surface area contributed by atoms with Crippen LogP contribution in [0.15, 0.2) is 24.3 Å². The lowest BCUT2D eigenvalue weighted by molar-refractivity contribution is -0.161. The number of carbonyl (C=O) groups is 4. The Balaban J connectivity index is 5.15. The first-order valence-corrected chi connectivity index (χ1v) is 39.8. The highest BCUT2D eigenvalue weighted by Gasteiger charge is 2.30. The number of carbonyl (C=O) groups excluding carboxylic acids is 4. The Morgan fingerprint density at radius 3 is 0.901 bits per heavy atom. The van der Waals surface area contributed by atoms with Gasteiger partial charge in [0.2, 0.25) is 0 Å². The van der Waals surface area contributed by atoms with Crippen molar-refractivity contribution in [3.05, 3.63) is 24.3 Å². The van der Waals surface area contributed by atoms with Gasteiger partial charge in [-0.3, -0.25) is 37.3 Å². The van der Waals surface area contributed by atoms with Crippen molar-refractivity contribution >= 4 is 39.5 Å². The van der Waals surface area contributed by atoms with Gasteiger partial charge in [0.1, 0.15) is 19.3 Å². The summed E-state index contributed by atoms with van der Waals surface area (Å²) in [4.78, 5) is 72.2. The first kappa shape index (κ1) is 88.5. The Morgan fingerprint density at radius 2 is 0.593 bits per heavy atom. The number of hydrogen-bond donors (Lipinski definition) is 3. The number of aliphatic hydroxyl groups excluding tert-OH is 1. The molecule has 5 atom stereocenters. The van der Waals surface area contributed by atoms with E-state index in [1.807, 2.05) is 0 Å². The average Bonchev–Trinajstić information content (AvgIpc) is 2.70. The smallest absolute Gasteiger partial charge is 0.462 e. The zero-order valence-corrected chi connectivity index (χ0v) is 60.4. The van der Waals surface area contributed by atoms with Crippen molar-refractivity contribution < 1.29 is 80.2 Å². The van der Waals surface area contributed by atoms with Gasteiger partial charge in [-0.15, -0.1) is 0 Å². The molecular weight excluding hydrogens is 1200 g/mol. The maximum Gasteiger partial charge on any atom is 0.472 e. The van der Waals surface area contributed by atoms with Crippen LogP contribution in [0, 0.1) is 11.8 Å². The van der Waals surface area contributed by atoms with Gasteiger partial charge in [0.25, 0.3) is 0 Å². The Morgan fingerprint density at radius 1 is 0.341 bits per heavy atom. The lowest BCUT2D eigenvalue weighted by Gasteiger charge is -2.21. The minimum Gasteiger partial charge on any atom is -0.462 e. The lowest BCUT2D eigenvalue weighted by atomic mass is 10.0. The molecule has 3 N–H and O–H groups in total. The molecule has 536 valence electrons. The molecule has 2 unspecified atom stereocenters. The molecule has 0 aromatic rings. The molecule has 0 heterocycles. The van der Waals surface area contributed by atoms with E-state index < -0.39 is 97.5 Å². The average molecular weight is 1340 g/mol. The second-order valence-corrected chi connectivity index (χ2v) is 29.2. The fourth-order valence-corrected chi connectivity index (χ4v) is 12.0. The molecular formula is C72H136O17P2. The highest BCUT2D eigenvalue weighted by atomic mass is 31.2. The second-order valence-electron chi connectivity index (χ2n) is 26.2. The van der Waals surface area contributed by atoms with E-state index in [1.54, 1.807) is 0 Å². The molecule has 0 saturated heterocycles. The van der Waals surface area contributed by atoms with Gasteiger partial charge in [0.05, 0.1) is 26.4 Å². The third-order valence-electron chi connectivity index (χ3n) is 16.1. The molecule has 0 spiro atoms. The third-order valence-corrected chi connectivity index (χ3v) is 18.0. The van der Waals surface area contributed by atoms with E-state index in [-0.39, 0.29) is 25.7 Å². The molecule has 0 aliphatic carbocycles. The number of aliphatic hydroxyl groups is 1. The van der Waals surface area contributed by atoms with Gasteiger partial charge in [-0.2, -0.15) is 0 Å². The van der Waals surface area contributed by atoms with Gasteiger partial charge in [-0.1, -0.05) is 291 Å². The Kier molecular flexibility index (Phi) is 61.9. The number of unbranched alkanes of at least 4 members (excludes halogenated alkanes) is 36. The fourth-order valence-electron chi connectivity index (χ4n) is 10.4. The summed E-state index contributed by atoms with van der Waals surface area (Å²) in [6.07, 6.45) is 52.8. The second kappa shape index (κ2) is 63.6. The predicted octanol–water partition coefficient (Wildman–Crippen LogP) is 20.3. The molecule has 0 rings (SSSR count). The first-order chi connectivity index (χ1) is 43.9. The molecule has 0 radical (unpaired) electrons. The summed E-state index contributed by atoms with van der Waals surface area (Å²) in [5.41, 5.74) is 0. The molecule has 0 saturated carbocycles. The number of esters is 4. The Hall–Kier alpha value is -2.46. The Bertz CT molecular complexity index is 1860. The summed E-state index contributed by atoms with van der Waals surface area (Å²) in [6.45, 7) is 9.37. The van der Waals surface area contributed by atoms with Crippen LogP contribution >= 0.6 is 15.6 Å². The number of hydrogen-bond acceptors (Lipinski definition) is 15. The van der Waals surface area contributed by atoms with Crippen LogP contribution in [0.5, 0.6) is 0 Å². The molecule has 19 heteroatoms. The zero-order chi connectivity index (χ0) is 67.2. The van der Waals surface area contributed by atoms with Crippen LogP contribution in [0.3, 0.4) is 0 Å². The van der Waals surface area contributed by atoms with Gasteiger partial charge in [0, 0.05) is 25.7 Å². The van der Waals surface area contributed by atoms with Crippen molar-refractivity contribution in [1.82, 2.24) is 0 Å². The minimum absolute atomic E-state index is 0.100. The highest BCUT2D eigenvalue weighted by molar-refractivity contribution is 7.47. The summed E-state index contributed by atoms with van der Waals surface area (Å²) in [5, 5.41) is 10.6. The fraction of sp³-hybridized carbons (Fsp3) is 0.889. The lowest BCUT2D eigenvalue weighted by Crippen LogP contribution is -2.30. The van der Waals surface area contributed by atoms with Crippen LogP contribution < -0.4 is 0 Å². The van der Waals surface area contributed by atoms with E-state index in [0.29, 0.717) is 31.6 Å². The number of allylic oxidation sites excluding steroid dienone is 4. The molecule has 0 fully saturated rings. The van der Waals surface area contributed by atoms with Gasteiger partial charge in [0.15, 0.2) is 12.2 Å². The van der Waals surface area contributed by atoms with Crippen molar-refractivity contribution in [2.24, 2.45) is 11.8 Å². The maximum absolute atomic E-state index is 13.0. The van der Waals surface area contributed by atoms with Crippen molar-refractivity contribution in [2.45, 2.75) is 362 Å². The minimum atomic E-state index is -4.96. The standard InChI is InChI=1S/C72H136O17P2/c1-7-9-11-13-14-15-16-17-22-26-29-32-37-43-49-55-70(75)83-61-68(89-71(76)56-50-44-38-33-30-27-24-21-19-18-20-23-25-28-31-35-41-46-52-64(3)4)63-87-91(80,81)85-59-66(73)58-84-90(78,79)86-62-67(60-82-69(74)54-48-40-12-10-8-2)88-72(77)57-51-45-39-34-36-42-47-53-65(5)6/h15-17,22,64-68,73H,7-14,18-21,23-63H2,1-6H3,(H,78,79)(H,80,81)/b16-15-,22-17-/t66-,67+,68+/m0/s1. The van der Waals surface area contributed by atoms with E-state index in [9.17, 15) is 43.2 Å². The molecule has 0 aliphatic rings. The van der Waals surface area contributed by atoms with Gasteiger partial charge < -0.3 is 33.8 Å². The molecule has 17 nitrogen and oxygen atoms in total. The zero-order valence-electron chi connectivity index (χ0n) is 58.6. The predicted molar refractivity (Wildman–Crippen MR) is 367 cm³/mol. The monoisotopic (exact) mass is 1330 g/mol. The summed E-state index contributed by atoms with van der Waals surface area (Å²) in [6, 6.07) is 0. The van der Waals surface area contributed by atoms with Crippen LogP contribution in [0.1, 0.15) is 343 Å². The summed E-state index contributed by atoms with van der Waals surface area (Å²) >= 11 is 0. The van der Waals surface area contributed by atoms with E-state index in [0.717, 1.165) is 121 Å². The van der Waals surface area contributed by atoms with E-state index in [2.05, 4.69) is 65.8 Å². The van der Waals surface area contributed by atoms with Crippen LogP contribution in [-0.4, -0.2) is 96.7 Å². The Labute approximate surface area is 554 Å². The van der Waals surface area contributed by atoms with E-state index >= 15 is 0 Å². The highest BCUT2D eigenvalue weighted by Crippen LogP contribution is 2.45. The largest absolute Gasteiger partial charge is 0.472 e. The van der Waals surface area contributed by atoms with Crippen molar-refractivity contribution in [2.75, 3.05) is 39.6 Å². The molecule has 0 bridgehead atoms. The van der Waals surface area contributed by atoms with Crippen molar-refractivity contribution in [3.8, 4) is 0 Å². The molecule has 0 aliphatic heterocycles. The normalized spacial score (nSPS) is 14.3. The van der Waals surface area contributed by atoms with Crippen LogP contribution in [-0.2, 0) is 65.4 Å². The van der Waals surface area contributed by atoms with Crippen molar-refractivity contribution in [3.63, 3.8) is 0 Å².